The summed E-state index contributed by atoms with van der Waals surface area (Å²) in [5.74, 6) is 2.59. The van der Waals surface area contributed by atoms with Gasteiger partial charge in [-0.15, -0.1) is 0 Å². The molecule has 1 aliphatic rings. The molecule has 5 rings (SSSR count). The molecule has 82 heavy (non-hydrogen) atoms. The molecule has 0 spiro atoms. The van der Waals surface area contributed by atoms with E-state index in [-0.39, 0.29) is 28.6 Å². The molecule has 1 unspecified atom stereocenters. The Labute approximate surface area is 515 Å². The first-order chi connectivity index (χ1) is 37.1. The number of aryl methyl sites for hydroxylation is 4. The number of anilines is 2. The second-order valence-corrected chi connectivity index (χ2v) is 66.8. The monoisotopic (exact) mass is 1330 g/mol. The summed E-state index contributed by atoms with van der Waals surface area (Å²) in [5, 5.41) is 3.62. The van der Waals surface area contributed by atoms with Crippen LogP contribution < -0.4 is 28.5 Å². The van der Waals surface area contributed by atoms with E-state index in [1.54, 1.807) is 26.0 Å². The van der Waals surface area contributed by atoms with E-state index in [1.165, 1.54) is 0 Å². The normalized spacial score (nSPS) is 14.9. The SMILES string of the molecule is C=C(C(=O)OCC)[C@@H](Nc1ccc(C)cc1OC)c1ccc(C)c(O[Si](C)(C)C(C)(C)C)c1.C=C1C(=O)N(c2ccc(C)cc2OC)C1c1ccc(C)c(O[Si](C)(C)C(C)(C)C)c1.C[Si](C)(C)[N]([Sn][N]([Si](C)(C)C)[Si](C)(C)C)[Si](C)(C)C. The number of carbonyl (C=O) groups excluding carboxylic acids is 2. The molecule has 1 N–H and O–H groups in total. The van der Waals surface area contributed by atoms with Crippen LogP contribution >= 0.6 is 0 Å². The van der Waals surface area contributed by atoms with Crippen molar-refractivity contribution in [2.45, 2.75) is 203 Å². The predicted molar refractivity (Wildman–Crippen MR) is 368 cm³/mol. The zero-order chi connectivity index (χ0) is 63.3. The summed E-state index contributed by atoms with van der Waals surface area (Å²) < 4.78 is 35.8. The van der Waals surface area contributed by atoms with Crippen LogP contribution in [0.15, 0.2) is 97.1 Å². The molecule has 1 aliphatic heterocycles. The maximum atomic E-state index is 12.8. The Bertz CT molecular complexity index is 2830. The van der Waals surface area contributed by atoms with Gasteiger partial charge in [-0.05, 0) is 141 Å². The second-order valence-electron chi connectivity index (χ2n) is 29.0. The third-order valence-electron chi connectivity index (χ3n) is 15.5. The average Bonchev–Trinajstić information content (AvgIpc) is 3.53. The fourth-order valence-corrected chi connectivity index (χ4v) is 44.9. The van der Waals surface area contributed by atoms with Gasteiger partial charge in [0, 0.05) is 5.57 Å². The number of nitrogens with one attached hydrogen (secondary N) is 1. The zero-order valence-corrected chi connectivity index (χ0v) is 65.3. The van der Waals surface area contributed by atoms with E-state index in [0.717, 1.165) is 56.3 Å². The van der Waals surface area contributed by atoms with Crippen molar-refractivity contribution >= 4 is 94.5 Å². The first-order valence-corrected chi connectivity index (χ1v) is 51.2. The molecule has 1 amide bonds. The summed E-state index contributed by atoms with van der Waals surface area (Å²) in [5.41, 5.74) is 8.62. The first-order valence-electron chi connectivity index (χ1n) is 29.0. The molecule has 11 nitrogen and oxygen atoms in total. The second kappa shape index (κ2) is 27.8. The number of benzene rings is 4. The number of rotatable bonds is 20. The minimum atomic E-state index is -2.05. The topological polar surface area (TPSA) is 102 Å². The molecule has 18 heteroatoms. The summed E-state index contributed by atoms with van der Waals surface area (Å²) in [6.07, 6.45) is 0. The van der Waals surface area contributed by atoms with Crippen molar-refractivity contribution < 1.29 is 32.7 Å². The van der Waals surface area contributed by atoms with E-state index in [9.17, 15) is 9.59 Å². The molecule has 2 atom stereocenters. The molecule has 0 bridgehead atoms. The molecule has 0 aromatic heterocycles. The first kappa shape index (κ1) is 72.6. The summed E-state index contributed by atoms with van der Waals surface area (Å²) >= 11 is -0.599. The number of carbonyl (C=O) groups is 2. The van der Waals surface area contributed by atoms with Crippen molar-refractivity contribution in [2.75, 3.05) is 31.0 Å². The maximum absolute atomic E-state index is 12.8. The third kappa shape index (κ3) is 18.9. The van der Waals surface area contributed by atoms with Gasteiger partial charge in [-0.25, -0.2) is 4.79 Å². The fraction of sp³-hybridized carbons (Fsp3) is 0.531. The molecule has 454 valence electrons. The Balaban J connectivity index is 0.000000335. The Morgan fingerprint density at radius 2 is 1.05 bits per heavy atom. The summed E-state index contributed by atoms with van der Waals surface area (Å²) in [7, 11) is -5.45. The number of ether oxygens (including phenoxy) is 3. The van der Waals surface area contributed by atoms with E-state index < -0.39 is 83.3 Å². The van der Waals surface area contributed by atoms with Gasteiger partial charge in [0.2, 0.25) is 16.6 Å². The van der Waals surface area contributed by atoms with Gasteiger partial charge < -0.3 is 28.4 Å². The predicted octanol–water partition coefficient (Wildman–Crippen LogP) is 17.8. The van der Waals surface area contributed by atoms with Crippen LogP contribution in [-0.4, -0.2) is 109 Å². The van der Waals surface area contributed by atoms with E-state index in [4.69, 9.17) is 23.1 Å². The number of nitrogens with zero attached hydrogens (tertiary/aromatic N) is 3. The fourth-order valence-electron chi connectivity index (χ4n) is 9.22. The Morgan fingerprint density at radius 1 is 0.622 bits per heavy atom. The van der Waals surface area contributed by atoms with Gasteiger partial charge in [0.25, 0.3) is 5.91 Å². The molecule has 1 heterocycles. The van der Waals surface area contributed by atoms with Crippen molar-refractivity contribution in [1.29, 1.82) is 0 Å². The van der Waals surface area contributed by atoms with E-state index in [1.807, 2.05) is 75.4 Å². The number of hydrogen-bond acceptors (Lipinski definition) is 10. The van der Waals surface area contributed by atoms with E-state index >= 15 is 0 Å². The van der Waals surface area contributed by atoms with Gasteiger partial charge in [-0.1, -0.05) is 91.1 Å². The Hall–Kier alpha value is -3.68. The summed E-state index contributed by atoms with van der Waals surface area (Å²) in [6.45, 7) is 71.2. The van der Waals surface area contributed by atoms with Gasteiger partial charge >= 0.3 is 144 Å². The Morgan fingerprint density at radius 3 is 1.48 bits per heavy atom. The Kier molecular flexibility index (Phi) is 24.6. The van der Waals surface area contributed by atoms with Crippen LogP contribution in [0.5, 0.6) is 23.0 Å². The van der Waals surface area contributed by atoms with Crippen molar-refractivity contribution in [3.8, 4) is 23.0 Å². The van der Waals surface area contributed by atoms with Crippen molar-refractivity contribution in [3.63, 3.8) is 0 Å². The number of amides is 1. The third-order valence-corrected chi connectivity index (χ3v) is 64.4. The molecule has 0 aliphatic carbocycles. The van der Waals surface area contributed by atoms with Crippen LogP contribution in [-0.2, 0) is 14.3 Å². The quantitative estimate of drug-likeness (QED) is 0.0398. The van der Waals surface area contributed by atoms with Crippen LogP contribution in [0.25, 0.3) is 0 Å². The molecule has 1 saturated heterocycles. The minimum absolute atomic E-state index is 0.0664. The molecule has 2 radical (unpaired) electrons. The van der Waals surface area contributed by atoms with Gasteiger partial charge in [0.1, 0.15) is 23.0 Å². The average molecular weight is 1330 g/mol. The van der Waals surface area contributed by atoms with Crippen LogP contribution in [0, 0.1) is 27.7 Å². The summed E-state index contributed by atoms with van der Waals surface area (Å²) in [6, 6.07) is 23.3. The van der Waals surface area contributed by atoms with E-state index in [0.29, 0.717) is 22.6 Å². The van der Waals surface area contributed by atoms with Crippen molar-refractivity contribution in [3.05, 3.63) is 130 Å². The van der Waals surface area contributed by atoms with Crippen molar-refractivity contribution in [2.24, 2.45) is 0 Å². The van der Waals surface area contributed by atoms with Gasteiger partial charge in [0.05, 0.1) is 49.9 Å². The standard InChI is InChI=1S/C27H39NO4Si.C25H33NO3Si.2C6H18NSi2.Sn/c1-11-31-26(29)20(4)25(28-22-15-12-18(2)16-24(22)30-8)21-14-13-19(3)23(17-21)32-33(9,10)27(5,6)7;1-16-10-13-20(22(14-16)28-7)26-23(18(3)24(26)27)19-12-11-17(2)21(15-19)29-30(8,9)25(4,5)6;2*1-8(2,3)7-9(4,5)6;/h12-17,25,28H,4,11H2,1-3,5-10H3;10-15,23H,3H2,1-2,4-9H3;2*1-6H3;/q;;2*-1;+2/t25-;;;;/m1..../s1. The van der Waals surface area contributed by atoms with Crippen LogP contribution in [0.3, 0.4) is 0 Å². The van der Waals surface area contributed by atoms with E-state index in [2.05, 4.69) is 195 Å². The number of methoxy groups -OCH3 is 2. The van der Waals surface area contributed by atoms with Gasteiger partial charge in [0.15, 0.2) is 0 Å². The van der Waals surface area contributed by atoms with Gasteiger partial charge in [-0.3, -0.25) is 9.69 Å². The molecular weight excluding hydrogens is 1220 g/mol. The zero-order valence-electron chi connectivity index (χ0n) is 56.4. The molecule has 4 aromatic carbocycles. The van der Waals surface area contributed by atoms with Crippen LogP contribution in [0.1, 0.15) is 93.9 Å². The molecule has 0 saturated carbocycles. The van der Waals surface area contributed by atoms with Crippen molar-refractivity contribution in [1.82, 2.24) is 4.91 Å². The van der Waals surface area contributed by atoms with Gasteiger partial charge in [-0.2, -0.15) is 0 Å². The number of esters is 1. The summed E-state index contributed by atoms with van der Waals surface area (Å²) in [4.78, 5) is 27.2. The number of β-lactam (4-membered cyclic amide) rings is 1. The number of hydrogen-bond donors (Lipinski definition) is 1. The molecule has 4 aromatic rings. The molecule has 1 fully saturated rings. The van der Waals surface area contributed by atoms with Crippen LogP contribution in [0.4, 0.5) is 11.4 Å². The molecular formula is C64H108N4O7Si6Sn. The van der Waals surface area contributed by atoms with Crippen LogP contribution in [0.2, 0.25) is 115 Å².